The summed E-state index contributed by atoms with van der Waals surface area (Å²) >= 11 is 2.88. The van der Waals surface area contributed by atoms with E-state index in [4.69, 9.17) is 5.73 Å². The van der Waals surface area contributed by atoms with Crippen LogP contribution < -0.4 is 5.73 Å². The number of nitrogens with two attached hydrogens (primary N) is 1. The number of carbonyl (C=O) groups excluding carboxylic acids is 1. The summed E-state index contributed by atoms with van der Waals surface area (Å²) < 4.78 is 1.82. The van der Waals surface area contributed by atoms with E-state index in [1.807, 2.05) is 4.57 Å². The van der Waals surface area contributed by atoms with Crippen molar-refractivity contribution in [2.45, 2.75) is 23.1 Å². The van der Waals surface area contributed by atoms with E-state index >= 15 is 0 Å². The lowest BCUT2D eigenvalue weighted by molar-refractivity contribution is -0.147. The van der Waals surface area contributed by atoms with Crippen molar-refractivity contribution in [1.82, 2.24) is 19.7 Å². The molecule has 1 fully saturated rings. The van der Waals surface area contributed by atoms with Gasteiger partial charge >= 0.3 is 5.97 Å². The van der Waals surface area contributed by atoms with E-state index in [1.165, 1.54) is 28.4 Å². The number of fused-ring (bicyclic) bond motifs is 1. The molecule has 8 nitrogen and oxygen atoms in total. The molecule has 2 atom stereocenters. The van der Waals surface area contributed by atoms with Crippen LogP contribution in [-0.4, -0.2) is 59.6 Å². The Balaban J connectivity index is 1.80. The number of amides is 1. The Morgan fingerprint density at radius 1 is 1.65 bits per heavy atom. The standard InChI is InChI=1S/C13H15N5O3S2/c1-2-3-17-6-15-16-13(17)23-5-7-4-22-11-8(14)10(19)18(11)9(7)12(20)21/h2,6,8,11H,1,3-5,14H2,(H,20,21)/t8?,11-/m0/s1. The molecule has 1 aromatic rings. The Kier molecular flexibility index (Phi) is 4.46. The molecule has 2 aliphatic rings. The van der Waals surface area contributed by atoms with Gasteiger partial charge in [-0.2, -0.15) is 0 Å². The van der Waals surface area contributed by atoms with Crippen molar-refractivity contribution in [3.05, 3.63) is 30.3 Å². The quantitative estimate of drug-likeness (QED) is 0.422. The van der Waals surface area contributed by atoms with Gasteiger partial charge in [-0.25, -0.2) is 4.79 Å². The van der Waals surface area contributed by atoms with Crippen LogP contribution in [0.1, 0.15) is 0 Å². The van der Waals surface area contributed by atoms with Crippen molar-refractivity contribution in [2.75, 3.05) is 11.5 Å². The molecular formula is C13H15N5O3S2. The molecule has 1 saturated heterocycles. The minimum atomic E-state index is -1.10. The first-order valence-corrected chi connectivity index (χ1v) is 8.85. The number of β-lactam (4-membered cyclic amide) rings is 1. The van der Waals surface area contributed by atoms with E-state index in [-0.39, 0.29) is 17.0 Å². The van der Waals surface area contributed by atoms with Gasteiger partial charge in [0.1, 0.15) is 23.4 Å². The number of aliphatic carboxylic acids is 1. The van der Waals surface area contributed by atoms with Crippen molar-refractivity contribution >= 4 is 35.4 Å². The number of nitrogens with zero attached hydrogens (tertiary/aromatic N) is 4. The summed E-state index contributed by atoms with van der Waals surface area (Å²) in [4.78, 5) is 24.8. The number of thioether (sulfide) groups is 2. The van der Waals surface area contributed by atoms with Crippen LogP contribution in [0.25, 0.3) is 0 Å². The van der Waals surface area contributed by atoms with Crippen LogP contribution in [0.15, 0.2) is 35.4 Å². The van der Waals surface area contributed by atoms with Crippen LogP contribution in [0.3, 0.4) is 0 Å². The molecule has 23 heavy (non-hydrogen) atoms. The molecule has 1 amide bonds. The Labute approximate surface area is 140 Å². The van der Waals surface area contributed by atoms with Gasteiger partial charge in [-0.3, -0.25) is 9.69 Å². The molecular weight excluding hydrogens is 338 g/mol. The van der Waals surface area contributed by atoms with Crippen molar-refractivity contribution in [1.29, 1.82) is 0 Å². The van der Waals surface area contributed by atoms with Gasteiger partial charge in [0.25, 0.3) is 0 Å². The summed E-state index contributed by atoms with van der Waals surface area (Å²) in [5.74, 6) is -0.474. The molecule has 0 radical (unpaired) electrons. The van der Waals surface area contributed by atoms with E-state index in [0.29, 0.717) is 28.8 Å². The number of hydrogen-bond acceptors (Lipinski definition) is 7. The molecule has 0 bridgehead atoms. The number of carboxylic acid groups (broad SMARTS) is 1. The number of hydrogen-bond donors (Lipinski definition) is 2. The first-order valence-electron chi connectivity index (χ1n) is 6.81. The number of allylic oxidation sites excluding steroid dienone is 1. The predicted molar refractivity (Wildman–Crippen MR) is 86.7 cm³/mol. The Morgan fingerprint density at radius 3 is 3.13 bits per heavy atom. The lowest BCUT2D eigenvalue weighted by Crippen LogP contribution is -2.68. The minimum Gasteiger partial charge on any atom is -0.477 e. The van der Waals surface area contributed by atoms with Crippen molar-refractivity contribution in [3.8, 4) is 0 Å². The van der Waals surface area contributed by atoms with E-state index < -0.39 is 12.0 Å². The summed E-state index contributed by atoms with van der Waals surface area (Å²) in [7, 11) is 0. The van der Waals surface area contributed by atoms with Crippen LogP contribution in [0.5, 0.6) is 0 Å². The maximum Gasteiger partial charge on any atom is 0.352 e. The molecule has 0 spiro atoms. The Bertz CT molecular complexity index is 702. The van der Waals surface area contributed by atoms with Crippen molar-refractivity contribution in [2.24, 2.45) is 5.73 Å². The van der Waals surface area contributed by atoms with E-state index in [0.717, 1.165) is 0 Å². The largest absolute Gasteiger partial charge is 0.477 e. The maximum absolute atomic E-state index is 11.9. The molecule has 0 saturated carbocycles. The van der Waals surface area contributed by atoms with Gasteiger partial charge in [0.15, 0.2) is 5.16 Å². The van der Waals surface area contributed by atoms with Gasteiger partial charge in [-0.1, -0.05) is 17.8 Å². The van der Waals surface area contributed by atoms with Crippen LogP contribution in [-0.2, 0) is 16.1 Å². The lowest BCUT2D eigenvalue weighted by atomic mass is 10.0. The van der Waals surface area contributed by atoms with Gasteiger partial charge in [-0.05, 0) is 5.57 Å². The van der Waals surface area contributed by atoms with Gasteiger partial charge in [0.2, 0.25) is 5.91 Å². The summed E-state index contributed by atoms with van der Waals surface area (Å²) in [6.07, 6.45) is 3.33. The summed E-state index contributed by atoms with van der Waals surface area (Å²) in [5.41, 5.74) is 6.47. The van der Waals surface area contributed by atoms with E-state index in [9.17, 15) is 14.7 Å². The highest BCUT2D eigenvalue weighted by Gasteiger charge is 2.51. The fourth-order valence-corrected chi connectivity index (χ4v) is 4.82. The molecule has 3 rings (SSSR count). The molecule has 122 valence electrons. The third-order valence-corrected chi connectivity index (χ3v) is 6.00. The maximum atomic E-state index is 11.9. The Hall–Kier alpha value is -1.78. The van der Waals surface area contributed by atoms with Crippen molar-refractivity contribution < 1.29 is 14.7 Å². The monoisotopic (exact) mass is 353 g/mol. The van der Waals surface area contributed by atoms with Gasteiger partial charge in [0.05, 0.1) is 0 Å². The first kappa shape index (κ1) is 16.1. The number of carbonyl (C=O) groups is 2. The second kappa shape index (κ2) is 6.38. The van der Waals surface area contributed by atoms with Gasteiger partial charge in [-0.15, -0.1) is 28.5 Å². The summed E-state index contributed by atoms with van der Waals surface area (Å²) in [6.45, 7) is 4.25. The first-order chi connectivity index (χ1) is 11.0. The van der Waals surface area contributed by atoms with Crippen LogP contribution >= 0.6 is 23.5 Å². The fourth-order valence-electron chi connectivity index (χ4n) is 2.46. The van der Waals surface area contributed by atoms with E-state index in [2.05, 4.69) is 16.8 Å². The topological polar surface area (TPSA) is 114 Å². The molecule has 10 heteroatoms. The molecule has 3 heterocycles. The average molecular weight is 353 g/mol. The fraction of sp³-hybridized carbons (Fsp3) is 0.385. The second-order valence-electron chi connectivity index (χ2n) is 5.04. The molecule has 2 aliphatic heterocycles. The summed E-state index contributed by atoms with van der Waals surface area (Å²) in [6, 6.07) is -0.612. The third-order valence-electron chi connectivity index (χ3n) is 3.57. The smallest absolute Gasteiger partial charge is 0.352 e. The molecule has 0 aromatic carbocycles. The van der Waals surface area contributed by atoms with Gasteiger partial charge in [0, 0.05) is 18.1 Å². The highest BCUT2D eigenvalue weighted by Crippen LogP contribution is 2.40. The highest BCUT2D eigenvalue weighted by molar-refractivity contribution is 8.01. The van der Waals surface area contributed by atoms with Crippen LogP contribution in [0.2, 0.25) is 0 Å². The van der Waals surface area contributed by atoms with Gasteiger partial charge < -0.3 is 15.4 Å². The van der Waals surface area contributed by atoms with E-state index in [1.54, 1.807) is 12.4 Å². The Morgan fingerprint density at radius 2 is 2.43 bits per heavy atom. The lowest BCUT2D eigenvalue weighted by Gasteiger charge is -2.48. The number of rotatable bonds is 6. The zero-order valence-corrected chi connectivity index (χ0v) is 13.7. The molecule has 3 N–H and O–H groups in total. The molecule has 1 unspecified atom stereocenters. The van der Waals surface area contributed by atoms with Crippen LogP contribution in [0.4, 0.5) is 0 Å². The molecule has 0 aliphatic carbocycles. The zero-order valence-electron chi connectivity index (χ0n) is 12.1. The van der Waals surface area contributed by atoms with Crippen LogP contribution in [0, 0.1) is 0 Å². The second-order valence-corrected chi connectivity index (χ2v) is 7.08. The normalized spacial score (nSPS) is 23.5. The number of carboxylic acids is 1. The number of aromatic nitrogens is 3. The zero-order chi connectivity index (χ0) is 16.6. The SMILES string of the molecule is C=CCn1cnnc1SCC1=C(C(=O)O)N2C(=O)C(N)[C@@H]2SC1. The average Bonchev–Trinajstić information content (AvgIpc) is 2.98. The highest BCUT2D eigenvalue weighted by atomic mass is 32.2. The predicted octanol–water partition coefficient (Wildman–Crippen LogP) is 0.137. The minimum absolute atomic E-state index is 0.0581. The molecule has 1 aromatic heterocycles. The third kappa shape index (κ3) is 2.77. The van der Waals surface area contributed by atoms with Crippen molar-refractivity contribution in [3.63, 3.8) is 0 Å². The summed E-state index contributed by atoms with van der Waals surface area (Å²) in [5, 5.41) is 17.7.